The predicted octanol–water partition coefficient (Wildman–Crippen LogP) is 3.75. The van der Waals surface area contributed by atoms with Gasteiger partial charge in [0.05, 0.1) is 11.2 Å². The largest absolute Gasteiger partial charge is 0.369 e. The molecule has 2 nitrogen and oxygen atoms in total. The summed E-state index contributed by atoms with van der Waals surface area (Å²) in [4.78, 5) is 0. The molecule has 106 valence electrons. The van der Waals surface area contributed by atoms with Crippen molar-refractivity contribution in [3.8, 4) is 0 Å². The maximum absolute atomic E-state index is 6.26. The zero-order valence-electron chi connectivity index (χ0n) is 12.9. The second kappa shape index (κ2) is 5.13. The summed E-state index contributed by atoms with van der Waals surface area (Å²) in [7, 11) is 0. The van der Waals surface area contributed by atoms with Crippen LogP contribution in [-0.4, -0.2) is 23.8 Å². The van der Waals surface area contributed by atoms with Crippen molar-refractivity contribution in [2.24, 2.45) is 11.8 Å². The van der Waals surface area contributed by atoms with Crippen LogP contribution < -0.4 is 5.32 Å². The summed E-state index contributed by atoms with van der Waals surface area (Å²) in [5.41, 5.74) is 0.136. The molecule has 3 unspecified atom stereocenters. The van der Waals surface area contributed by atoms with E-state index in [1.165, 1.54) is 38.6 Å². The molecule has 1 aliphatic heterocycles. The van der Waals surface area contributed by atoms with E-state index < -0.39 is 0 Å². The minimum Gasteiger partial charge on any atom is -0.369 e. The first-order valence-corrected chi connectivity index (χ1v) is 7.77. The topological polar surface area (TPSA) is 21.3 Å². The van der Waals surface area contributed by atoms with E-state index in [0.29, 0.717) is 0 Å². The van der Waals surface area contributed by atoms with Gasteiger partial charge in [-0.1, -0.05) is 6.92 Å². The fourth-order valence-electron chi connectivity index (χ4n) is 4.25. The van der Waals surface area contributed by atoms with Crippen LogP contribution in [0.2, 0.25) is 0 Å². The first-order chi connectivity index (χ1) is 8.34. The van der Waals surface area contributed by atoms with Gasteiger partial charge in [-0.2, -0.15) is 0 Å². The minimum atomic E-state index is 0.0633. The summed E-state index contributed by atoms with van der Waals surface area (Å²) in [6, 6.07) is 0.759. The lowest BCUT2D eigenvalue weighted by Gasteiger charge is -2.31. The second-order valence-corrected chi connectivity index (χ2v) is 7.50. The van der Waals surface area contributed by atoms with E-state index in [1.807, 2.05) is 0 Å². The van der Waals surface area contributed by atoms with Gasteiger partial charge in [-0.15, -0.1) is 0 Å². The van der Waals surface area contributed by atoms with E-state index in [-0.39, 0.29) is 11.2 Å². The molecular weight excluding hydrogens is 222 g/mol. The number of nitrogens with one attached hydrogen (secondary N) is 1. The van der Waals surface area contributed by atoms with Crippen LogP contribution in [0, 0.1) is 11.8 Å². The van der Waals surface area contributed by atoms with Crippen LogP contribution in [0.25, 0.3) is 0 Å². The molecule has 18 heavy (non-hydrogen) atoms. The maximum Gasteiger partial charge on any atom is 0.0665 e. The number of rotatable bonds is 4. The highest BCUT2D eigenvalue weighted by molar-refractivity contribution is 4.99. The molecule has 1 aliphatic carbocycles. The quantitative estimate of drug-likeness (QED) is 0.824. The third-order valence-electron chi connectivity index (χ3n) is 4.87. The summed E-state index contributed by atoms with van der Waals surface area (Å²) < 4.78 is 6.26. The summed E-state index contributed by atoms with van der Waals surface area (Å²) >= 11 is 0. The zero-order valence-corrected chi connectivity index (χ0v) is 12.9. The molecule has 2 fully saturated rings. The molecule has 0 aromatic rings. The van der Waals surface area contributed by atoms with Gasteiger partial charge in [0.25, 0.3) is 0 Å². The van der Waals surface area contributed by atoms with Gasteiger partial charge in [0.1, 0.15) is 0 Å². The molecule has 0 aromatic heterocycles. The van der Waals surface area contributed by atoms with Gasteiger partial charge in [0.15, 0.2) is 0 Å². The van der Waals surface area contributed by atoms with E-state index in [1.54, 1.807) is 0 Å². The molecule has 2 rings (SSSR count). The van der Waals surface area contributed by atoms with Crippen molar-refractivity contribution in [2.45, 2.75) is 84.0 Å². The van der Waals surface area contributed by atoms with Crippen LogP contribution in [0.15, 0.2) is 0 Å². The van der Waals surface area contributed by atoms with E-state index in [9.17, 15) is 0 Å². The van der Waals surface area contributed by atoms with E-state index >= 15 is 0 Å². The SMILES string of the molecule is CCCNC1CCC(C2CC(C)(C)OC2(C)C)C1. The normalized spacial score (nSPS) is 38.2. The van der Waals surface area contributed by atoms with Crippen molar-refractivity contribution in [3.05, 3.63) is 0 Å². The molecule has 1 N–H and O–H groups in total. The Labute approximate surface area is 113 Å². The van der Waals surface area contributed by atoms with Crippen molar-refractivity contribution in [3.63, 3.8) is 0 Å². The van der Waals surface area contributed by atoms with Crippen LogP contribution in [0.1, 0.15) is 66.7 Å². The molecule has 1 heterocycles. The molecule has 3 atom stereocenters. The highest BCUT2D eigenvalue weighted by Crippen LogP contribution is 2.49. The van der Waals surface area contributed by atoms with Crippen LogP contribution >= 0.6 is 0 Å². The average molecular weight is 253 g/mol. The van der Waals surface area contributed by atoms with Crippen molar-refractivity contribution in [2.75, 3.05) is 6.54 Å². The van der Waals surface area contributed by atoms with Crippen LogP contribution in [0.5, 0.6) is 0 Å². The lowest BCUT2D eigenvalue weighted by Crippen LogP contribution is -2.34. The highest BCUT2D eigenvalue weighted by atomic mass is 16.5. The maximum atomic E-state index is 6.26. The molecule has 2 aliphatic rings. The second-order valence-electron chi connectivity index (χ2n) is 7.50. The Bertz CT molecular complexity index is 285. The summed E-state index contributed by atoms with van der Waals surface area (Å²) in [5.74, 6) is 1.59. The molecule has 2 heteroatoms. The lowest BCUT2D eigenvalue weighted by atomic mass is 9.77. The Morgan fingerprint density at radius 3 is 2.44 bits per heavy atom. The van der Waals surface area contributed by atoms with Gasteiger partial charge in [-0.05, 0) is 78.2 Å². The Balaban J connectivity index is 1.93. The fourth-order valence-corrected chi connectivity index (χ4v) is 4.25. The number of hydrogen-bond donors (Lipinski definition) is 1. The van der Waals surface area contributed by atoms with Gasteiger partial charge in [0, 0.05) is 6.04 Å². The Morgan fingerprint density at radius 2 is 1.89 bits per heavy atom. The molecule has 0 spiro atoms. The molecule has 0 aromatic carbocycles. The van der Waals surface area contributed by atoms with E-state index in [4.69, 9.17) is 4.74 Å². The van der Waals surface area contributed by atoms with E-state index in [2.05, 4.69) is 39.9 Å². The Morgan fingerprint density at radius 1 is 1.17 bits per heavy atom. The minimum absolute atomic E-state index is 0.0633. The van der Waals surface area contributed by atoms with Crippen LogP contribution in [-0.2, 0) is 4.74 Å². The summed E-state index contributed by atoms with van der Waals surface area (Å²) in [5, 5.41) is 3.69. The van der Waals surface area contributed by atoms with Gasteiger partial charge >= 0.3 is 0 Å². The van der Waals surface area contributed by atoms with Crippen molar-refractivity contribution in [1.29, 1.82) is 0 Å². The molecule has 0 bridgehead atoms. The average Bonchev–Trinajstić information content (AvgIpc) is 2.77. The smallest absolute Gasteiger partial charge is 0.0665 e. The molecular formula is C16H31NO. The van der Waals surface area contributed by atoms with Crippen molar-refractivity contribution < 1.29 is 4.74 Å². The van der Waals surface area contributed by atoms with Gasteiger partial charge in [-0.3, -0.25) is 0 Å². The highest BCUT2D eigenvalue weighted by Gasteiger charge is 2.50. The number of hydrogen-bond acceptors (Lipinski definition) is 2. The third-order valence-corrected chi connectivity index (χ3v) is 4.87. The molecule has 0 radical (unpaired) electrons. The third kappa shape index (κ3) is 3.08. The van der Waals surface area contributed by atoms with Crippen molar-refractivity contribution in [1.82, 2.24) is 5.32 Å². The van der Waals surface area contributed by atoms with Crippen LogP contribution in [0.3, 0.4) is 0 Å². The Kier molecular flexibility index (Phi) is 4.08. The number of ether oxygens (including phenoxy) is 1. The summed E-state index contributed by atoms with van der Waals surface area (Å²) in [6.45, 7) is 12.5. The van der Waals surface area contributed by atoms with Gasteiger partial charge in [-0.25, -0.2) is 0 Å². The zero-order chi connectivity index (χ0) is 13.4. The standard InChI is InChI=1S/C16H31NO/c1-6-9-17-13-8-7-12(10-13)14-11-15(2,3)18-16(14,4)5/h12-14,17H,6-11H2,1-5H3. The van der Waals surface area contributed by atoms with Gasteiger partial charge in [0.2, 0.25) is 0 Å². The lowest BCUT2D eigenvalue weighted by molar-refractivity contribution is -0.0798. The van der Waals surface area contributed by atoms with E-state index in [0.717, 1.165) is 17.9 Å². The predicted molar refractivity (Wildman–Crippen MR) is 76.8 cm³/mol. The molecule has 1 saturated heterocycles. The Hall–Kier alpha value is -0.0800. The molecule has 0 amide bonds. The fraction of sp³-hybridized carbons (Fsp3) is 1.00. The van der Waals surface area contributed by atoms with Gasteiger partial charge < -0.3 is 10.1 Å². The van der Waals surface area contributed by atoms with Crippen LogP contribution in [0.4, 0.5) is 0 Å². The first kappa shape index (κ1) is 14.3. The molecule has 1 saturated carbocycles. The first-order valence-electron chi connectivity index (χ1n) is 7.77. The summed E-state index contributed by atoms with van der Waals surface area (Å²) in [6.07, 6.45) is 6.57. The van der Waals surface area contributed by atoms with Crippen molar-refractivity contribution >= 4 is 0 Å². The monoisotopic (exact) mass is 253 g/mol.